The molecule has 1 aromatic carbocycles. The van der Waals surface area contributed by atoms with Gasteiger partial charge in [-0.3, -0.25) is 0 Å². The van der Waals surface area contributed by atoms with Gasteiger partial charge < -0.3 is 4.90 Å². The molecule has 0 aliphatic carbocycles. The van der Waals surface area contributed by atoms with E-state index in [-0.39, 0.29) is 0 Å². The number of nitrogens with zero attached hydrogens (tertiary/aromatic N) is 1. The van der Waals surface area contributed by atoms with Gasteiger partial charge in [-0.05, 0) is 29.5 Å². The molecule has 1 aromatic rings. The molecule has 0 heterocycles. The van der Waals surface area contributed by atoms with Gasteiger partial charge in [0.1, 0.15) is 0 Å². The molecule has 0 saturated heterocycles. The first-order chi connectivity index (χ1) is 6.79. The monoisotopic (exact) mass is 225 g/mol. The van der Waals surface area contributed by atoms with Gasteiger partial charge in [-0.1, -0.05) is 38.4 Å². The van der Waals surface area contributed by atoms with Crippen LogP contribution < -0.4 is 4.90 Å². The first-order valence-electron chi connectivity index (χ1n) is 5.25. The van der Waals surface area contributed by atoms with Gasteiger partial charge in [-0.25, -0.2) is 0 Å². The van der Waals surface area contributed by atoms with Gasteiger partial charge in [0.2, 0.25) is 0 Å². The van der Waals surface area contributed by atoms with E-state index in [4.69, 9.17) is 11.6 Å². The molecule has 0 aromatic heterocycles. The van der Waals surface area contributed by atoms with Crippen LogP contribution in [-0.4, -0.2) is 14.1 Å². The van der Waals surface area contributed by atoms with Crippen LogP contribution in [0.4, 0.5) is 5.69 Å². The van der Waals surface area contributed by atoms with Crippen molar-refractivity contribution in [3.8, 4) is 0 Å². The highest BCUT2D eigenvalue weighted by atomic mass is 35.5. The lowest BCUT2D eigenvalue weighted by Gasteiger charge is -2.23. The highest BCUT2D eigenvalue weighted by Crippen LogP contribution is 2.29. The van der Waals surface area contributed by atoms with Crippen LogP contribution >= 0.6 is 11.6 Å². The molecule has 0 aliphatic heterocycles. The van der Waals surface area contributed by atoms with Crippen molar-refractivity contribution in [1.82, 2.24) is 0 Å². The smallest absolute Gasteiger partial charge is 0.0426 e. The van der Waals surface area contributed by atoms with Crippen molar-refractivity contribution < 1.29 is 0 Å². The molecule has 0 saturated carbocycles. The summed E-state index contributed by atoms with van der Waals surface area (Å²) in [4.78, 5) is 2.12. The zero-order valence-corrected chi connectivity index (χ0v) is 11.0. The molecule has 84 valence electrons. The average Bonchev–Trinajstić information content (AvgIpc) is 2.05. The van der Waals surface area contributed by atoms with Crippen LogP contribution in [0.15, 0.2) is 18.2 Å². The Kier molecular flexibility index (Phi) is 3.67. The Labute approximate surface area is 98.0 Å². The molecular weight excluding hydrogens is 206 g/mol. The summed E-state index contributed by atoms with van der Waals surface area (Å²) in [7, 11) is 4.11. The minimum Gasteiger partial charge on any atom is -0.377 e. The van der Waals surface area contributed by atoms with Crippen LogP contribution in [0.1, 0.15) is 26.3 Å². The molecule has 1 rings (SSSR count). The molecule has 0 unspecified atom stereocenters. The van der Waals surface area contributed by atoms with E-state index in [0.29, 0.717) is 5.41 Å². The quantitative estimate of drug-likeness (QED) is 0.736. The predicted molar refractivity (Wildman–Crippen MR) is 68.9 cm³/mol. The molecule has 0 amide bonds. The van der Waals surface area contributed by atoms with Crippen LogP contribution in [0.5, 0.6) is 0 Å². The Morgan fingerprint density at radius 3 is 2.27 bits per heavy atom. The fourth-order valence-electron chi connectivity index (χ4n) is 1.67. The molecule has 0 atom stereocenters. The topological polar surface area (TPSA) is 3.24 Å². The first-order valence-corrected chi connectivity index (χ1v) is 5.63. The second kappa shape index (κ2) is 4.44. The van der Waals surface area contributed by atoms with Crippen LogP contribution in [-0.2, 0) is 6.42 Å². The summed E-state index contributed by atoms with van der Waals surface area (Å²) in [5, 5.41) is 0.802. The van der Waals surface area contributed by atoms with E-state index in [1.165, 1.54) is 11.3 Å². The minimum atomic E-state index is 0.304. The van der Waals surface area contributed by atoms with Crippen molar-refractivity contribution in [3.05, 3.63) is 28.8 Å². The molecule has 2 heteroatoms. The van der Waals surface area contributed by atoms with E-state index in [1.807, 2.05) is 12.1 Å². The number of halogens is 1. The third-order valence-corrected chi connectivity index (χ3v) is 2.49. The molecule has 0 aliphatic rings. The SMILES string of the molecule is CN(C)c1cc(Cl)ccc1CC(C)(C)C. The van der Waals surface area contributed by atoms with Crippen LogP contribution in [0, 0.1) is 5.41 Å². The van der Waals surface area contributed by atoms with Gasteiger partial charge in [0.15, 0.2) is 0 Å². The molecule has 15 heavy (non-hydrogen) atoms. The standard InChI is InChI=1S/C13H20ClN/c1-13(2,3)9-10-6-7-11(14)8-12(10)15(4)5/h6-8H,9H2,1-5H3. The Bertz CT molecular complexity index is 337. The highest BCUT2D eigenvalue weighted by molar-refractivity contribution is 6.30. The summed E-state index contributed by atoms with van der Waals surface area (Å²) in [5.74, 6) is 0. The average molecular weight is 226 g/mol. The van der Waals surface area contributed by atoms with Gasteiger partial charge in [-0.15, -0.1) is 0 Å². The molecule has 0 spiro atoms. The zero-order chi connectivity index (χ0) is 11.6. The van der Waals surface area contributed by atoms with E-state index >= 15 is 0 Å². The van der Waals surface area contributed by atoms with E-state index < -0.39 is 0 Å². The lowest BCUT2D eigenvalue weighted by Crippen LogP contribution is -2.15. The fourth-order valence-corrected chi connectivity index (χ4v) is 1.84. The van der Waals surface area contributed by atoms with Crippen molar-refractivity contribution >= 4 is 17.3 Å². The van der Waals surface area contributed by atoms with Crippen molar-refractivity contribution in [2.24, 2.45) is 5.41 Å². The summed E-state index contributed by atoms with van der Waals surface area (Å²) in [5.41, 5.74) is 2.88. The summed E-state index contributed by atoms with van der Waals surface area (Å²) in [6, 6.07) is 6.13. The predicted octanol–water partition coefficient (Wildman–Crippen LogP) is 3.99. The third-order valence-electron chi connectivity index (χ3n) is 2.25. The van der Waals surface area contributed by atoms with Crippen molar-refractivity contribution in [1.29, 1.82) is 0 Å². The Balaban J connectivity index is 3.06. The van der Waals surface area contributed by atoms with E-state index in [2.05, 4.69) is 45.8 Å². The van der Waals surface area contributed by atoms with Gasteiger partial charge in [-0.2, -0.15) is 0 Å². The molecule has 1 nitrogen and oxygen atoms in total. The third kappa shape index (κ3) is 3.75. The molecule has 0 N–H and O–H groups in total. The lowest BCUT2D eigenvalue weighted by molar-refractivity contribution is 0.411. The normalized spacial score (nSPS) is 11.6. The Morgan fingerprint density at radius 2 is 1.80 bits per heavy atom. The van der Waals surface area contributed by atoms with Crippen molar-refractivity contribution in [2.45, 2.75) is 27.2 Å². The number of hydrogen-bond acceptors (Lipinski definition) is 1. The fraction of sp³-hybridized carbons (Fsp3) is 0.538. The lowest BCUT2D eigenvalue weighted by atomic mass is 9.87. The maximum absolute atomic E-state index is 6.01. The zero-order valence-electron chi connectivity index (χ0n) is 10.3. The Hall–Kier alpha value is -0.690. The van der Waals surface area contributed by atoms with E-state index in [0.717, 1.165) is 11.4 Å². The van der Waals surface area contributed by atoms with Crippen LogP contribution in [0.2, 0.25) is 5.02 Å². The maximum Gasteiger partial charge on any atom is 0.0426 e. The minimum absolute atomic E-state index is 0.304. The largest absolute Gasteiger partial charge is 0.377 e. The van der Waals surface area contributed by atoms with Crippen LogP contribution in [0.3, 0.4) is 0 Å². The van der Waals surface area contributed by atoms with Crippen molar-refractivity contribution in [2.75, 3.05) is 19.0 Å². The summed E-state index contributed by atoms with van der Waals surface area (Å²) in [6.07, 6.45) is 1.07. The molecular formula is C13H20ClN. The van der Waals surface area contributed by atoms with E-state index in [1.54, 1.807) is 0 Å². The van der Waals surface area contributed by atoms with Gasteiger partial charge in [0.25, 0.3) is 0 Å². The van der Waals surface area contributed by atoms with E-state index in [9.17, 15) is 0 Å². The summed E-state index contributed by atoms with van der Waals surface area (Å²) < 4.78 is 0. The number of hydrogen-bond donors (Lipinski definition) is 0. The molecule has 0 radical (unpaired) electrons. The van der Waals surface area contributed by atoms with Gasteiger partial charge in [0.05, 0.1) is 0 Å². The molecule has 0 bridgehead atoms. The van der Waals surface area contributed by atoms with Crippen molar-refractivity contribution in [3.63, 3.8) is 0 Å². The second-order valence-corrected chi connectivity index (χ2v) is 5.84. The summed E-state index contributed by atoms with van der Waals surface area (Å²) in [6.45, 7) is 6.75. The Morgan fingerprint density at radius 1 is 1.20 bits per heavy atom. The highest BCUT2D eigenvalue weighted by Gasteiger charge is 2.15. The van der Waals surface area contributed by atoms with Crippen LogP contribution in [0.25, 0.3) is 0 Å². The number of anilines is 1. The number of benzene rings is 1. The number of rotatable bonds is 2. The molecule has 0 fully saturated rings. The first kappa shape index (κ1) is 12.4. The second-order valence-electron chi connectivity index (χ2n) is 5.40. The van der Waals surface area contributed by atoms with Gasteiger partial charge in [0, 0.05) is 24.8 Å². The summed E-state index contributed by atoms with van der Waals surface area (Å²) >= 11 is 6.01. The maximum atomic E-state index is 6.01. The van der Waals surface area contributed by atoms with Gasteiger partial charge >= 0.3 is 0 Å².